The van der Waals surface area contributed by atoms with E-state index in [2.05, 4.69) is 15.9 Å². The van der Waals surface area contributed by atoms with Gasteiger partial charge in [-0.15, -0.1) is 0 Å². The Morgan fingerprint density at radius 2 is 1.83 bits per heavy atom. The molecule has 0 aromatic heterocycles. The van der Waals surface area contributed by atoms with Crippen LogP contribution in [0.1, 0.15) is 15.9 Å². The van der Waals surface area contributed by atoms with Crippen molar-refractivity contribution in [3.63, 3.8) is 0 Å². The van der Waals surface area contributed by atoms with Gasteiger partial charge in [-0.1, -0.05) is 24.3 Å². The van der Waals surface area contributed by atoms with Gasteiger partial charge in [-0.2, -0.15) is 0 Å². The maximum absolute atomic E-state index is 11.3. The zero-order valence-corrected chi connectivity index (χ0v) is 11.3. The topological polar surface area (TPSA) is 46.5 Å². The lowest BCUT2D eigenvalue weighted by molar-refractivity contribution is 0.0693. The lowest BCUT2D eigenvalue weighted by Gasteiger charge is -2.12. The van der Waals surface area contributed by atoms with E-state index in [4.69, 9.17) is 4.74 Å². The Morgan fingerprint density at radius 1 is 1.17 bits per heavy atom. The summed E-state index contributed by atoms with van der Waals surface area (Å²) in [5.41, 5.74) is 0.838. The normalized spacial score (nSPS) is 10.1. The number of carboxylic acids is 1. The summed E-state index contributed by atoms with van der Waals surface area (Å²) in [6.45, 7) is 1.74. The molecule has 0 aliphatic heterocycles. The van der Waals surface area contributed by atoms with Crippen LogP contribution >= 0.6 is 15.9 Å². The predicted molar refractivity (Wildman–Crippen MR) is 72.4 cm³/mol. The number of hydrogen-bond acceptors (Lipinski definition) is 2. The molecule has 3 nitrogen and oxygen atoms in total. The van der Waals surface area contributed by atoms with Crippen molar-refractivity contribution in [3.8, 4) is 11.5 Å². The van der Waals surface area contributed by atoms with E-state index in [0.717, 1.165) is 0 Å². The van der Waals surface area contributed by atoms with E-state index < -0.39 is 5.97 Å². The number of hydrogen-bond donors (Lipinski definition) is 1. The second-order valence-corrected chi connectivity index (χ2v) is 4.64. The molecule has 0 heterocycles. The lowest BCUT2D eigenvalue weighted by atomic mass is 10.1. The maximum atomic E-state index is 11.3. The van der Waals surface area contributed by atoms with Gasteiger partial charge in [-0.05, 0) is 46.6 Å². The van der Waals surface area contributed by atoms with Gasteiger partial charge in [0.2, 0.25) is 0 Å². The minimum absolute atomic E-state index is 0.174. The summed E-state index contributed by atoms with van der Waals surface area (Å²) < 4.78 is 6.27. The van der Waals surface area contributed by atoms with Gasteiger partial charge in [0.15, 0.2) is 5.75 Å². The SMILES string of the molecule is Cc1ccc(Br)c(Oc2ccccc2)c1C(=O)O. The molecule has 0 saturated carbocycles. The predicted octanol–water partition coefficient (Wildman–Crippen LogP) is 4.25. The second-order valence-electron chi connectivity index (χ2n) is 3.79. The number of carbonyl (C=O) groups is 1. The minimum Gasteiger partial charge on any atom is -0.478 e. The van der Waals surface area contributed by atoms with Crippen molar-refractivity contribution in [2.45, 2.75) is 6.92 Å². The van der Waals surface area contributed by atoms with Crippen LogP contribution < -0.4 is 4.74 Å². The summed E-state index contributed by atoms with van der Waals surface area (Å²) in [6, 6.07) is 12.6. The zero-order valence-electron chi connectivity index (χ0n) is 9.68. The third-order valence-corrected chi connectivity index (χ3v) is 3.12. The Bertz CT molecular complexity index is 579. The Balaban J connectivity index is 2.50. The molecule has 1 N–H and O–H groups in total. The first-order valence-corrected chi connectivity index (χ1v) is 6.14. The third kappa shape index (κ3) is 2.54. The smallest absolute Gasteiger partial charge is 0.339 e. The summed E-state index contributed by atoms with van der Waals surface area (Å²) in [5, 5.41) is 9.25. The van der Waals surface area contributed by atoms with Crippen molar-refractivity contribution in [2.24, 2.45) is 0 Å². The van der Waals surface area contributed by atoms with E-state index in [-0.39, 0.29) is 5.56 Å². The first kappa shape index (κ1) is 12.6. The molecule has 4 heteroatoms. The van der Waals surface area contributed by atoms with E-state index >= 15 is 0 Å². The summed E-state index contributed by atoms with van der Waals surface area (Å²) in [5.74, 6) is -0.0697. The monoisotopic (exact) mass is 306 g/mol. The highest BCUT2D eigenvalue weighted by molar-refractivity contribution is 9.10. The summed E-state index contributed by atoms with van der Waals surface area (Å²) in [6.07, 6.45) is 0. The van der Waals surface area contributed by atoms with Crippen molar-refractivity contribution >= 4 is 21.9 Å². The van der Waals surface area contributed by atoms with E-state index in [0.29, 0.717) is 21.5 Å². The molecule has 0 saturated heterocycles. The number of halogens is 1. The van der Waals surface area contributed by atoms with Gasteiger partial charge in [0.25, 0.3) is 0 Å². The van der Waals surface area contributed by atoms with Crippen LogP contribution in [-0.4, -0.2) is 11.1 Å². The van der Waals surface area contributed by atoms with Crippen LogP contribution in [0, 0.1) is 6.92 Å². The van der Waals surface area contributed by atoms with Gasteiger partial charge in [0.1, 0.15) is 11.3 Å². The highest BCUT2D eigenvalue weighted by Gasteiger charge is 2.18. The van der Waals surface area contributed by atoms with Crippen molar-refractivity contribution in [2.75, 3.05) is 0 Å². The molecule has 0 atom stereocenters. The van der Waals surface area contributed by atoms with Gasteiger partial charge in [0, 0.05) is 0 Å². The van der Waals surface area contributed by atoms with Crippen LogP contribution in [0.3, 0.4) is 0 Å². The average Bonchev–Trinajstić information content (AvgIpc) is 2.35. The van der Waals surface area contributed by atoms with Crippen molar-refractivity contribution in [3.05, 3.63) is 58.1 Å². The first-order valence-electron chi connectivity index (χ1n) is 5.35. The van der Waals surface area contributed by atoms with Gasteiger partial charge >= 0.3 is 5.97 Å². The van der Waals surface area contributed by atoms with E-state index in [1.165, 1.54) is 0 Å². The van der Waals surface area contributed by atoms with Crippen LogP contribution in [0.25, 0.3) is 0 Å². The van der Waals surface area contributed by atoms with Crippen molar-refractivity contribution in [1.82, 2.24) is 0 Å². The highest BCUT2D eigenvalue weighted by Crippen LogP contribution is 2.35. The number of ether oxygens (including phenoxy) is 1. The standard InChI is InChI=1S/C14H11BrO3/c1-9-7-8-11(15)13(12(9)14(16)17)18-10-5-3-2-4-6-10/h2-8H,1H3,(H,16,17). The molecule has 0 aliphatic carbocycles. The zero-order chi connectivity index (χ0) is 13.1. The fourth-order valence-corrected chi connectivity index (χ4v) is 2.04. The van der Waals surface area contributed by atoms with Gasteiger partial charge in [-0.25, -0.2) is 4.79 Å². The molecule has 0 spiro atoms. The molecule has 92 valence electrons. The van der Waals surface area contributed by atoms with E-state index in [1.807, 2.05) is 18.2 Å². The van der Waals surface area contributed by atoms with Gasteiger partial charge < -0.3 is 9.84 Å². The molecule has 2 aromatic carbocycles. The number of carboxylic acid groups (broad SMARTS) is 1. The number of para-hydroxylation sites is 1. The van der Waals surface area contributed by atoms with Gasteiger partial charge in [0.05, 0.1) is 4.47 Å². The maximum Gasteiger partial charge on any atom is 0.339 e. The molecule has 2 rings (SSSR count). The van der Waals surface area contributed by atoms with Crippen LogP contribution in [0.5, 0.6) is 11.5 Å². The first-order chi connectivity index (χ1) is 8.59. The number of aromatic carboxylic acids is 1. The Hall–Kier alpha value is -1.81. The van der Waals surface area contributed by atoms with Crippen LogP contribution in [0.4, 0.5) is 0 Å². The summed E-state index contributed by atoms with van der Waals surface area (Å²) in [7, 11) is 0. The molecule has 18 heavy (non-hydrogen) atoms. The number of benzene rings is 2. The number of aryl methyl sites for hydroxylation is 1. The molecule has 0 bridgehead atoms. The Kier molecular flexibility index (Phi) is 3.67. The molecule has 0 unspecified atom stereocenters. The molecular weight excluding hydrogens is 296 g/mol. The van der Waals surface area contributed by atoms with E-state index in [1.54, 1.807) is 31.2 Å². The molecule has 2 aromatic rings. The molecule has 0 radical (unpaired) electrons. The van der Waals surface area contributed by atoms with Gasteiger partial charge in [-0.3, -0.25) is 0 Å². The Morgan fingerprint density at radius 3 is 2.44 bits per heavy atom. The molecule has 0 amide bonds. The number of rotatable bonds is 3. The quantitative estimate of drug-likeness (QED) is 0.922. The van der Waals surface area contributed by atoms with Crippen LogP contribution in [-0.2, 0) is 0 Å². The summed E-state index contributed by atoms with van der Waals surface area (Å²) in [4.78, 5) is 11.3. The molecule has 0 fully saturated rings. The third-order valence-electron chi connectivity index (χ3n) is 2.49. The fourth-order valence-electron chi connectivity index (χ4n) is 1.63. The highest BCUT2D eigenvalue weighted by atomic mass is 79.9. The summed E-state index contributed by atoms with van der Waals surface area (Å²) >= 11 is 3.32. The van der Waals surface area contributed by atoms with E-state index in [9.17, 15) is 9.90 Å². The fraction of sp³-hybridized carbons (Fsp3) is 0.0714. The average molecular weight is 307 g/mol. The minimum atomic E-state index is -1.00. The molecular formula is C14H11BrO3. The Labute approximate surface area is 113 Å². The van der Waals surface area contributed by atoms with Crippen molar-refractivity contribution < 1.29 is 14.6 Å². The van der Waals surface area contributed by atoms with Crippen molar-refractivity contribution in [1.29, 1.82) is 0 Å². The lowest BCUT2D eigenvalue weighted by Crippen LogP contribution is -2.03. The van der Waals surface area contributed by atoms with Crippen LogP contribution in [0.15, 0.2) is 46.9 Å². The molecule has 0 aliphatic rings. The second kappa shape index (κ2) is 5.23. The largest absolute Gasteiger partial charge is 0.478 e. The van der Waals surface area contributed by atoms with Crippen LogP contribution in [0.2, 0.25) is 0 Å².